The van der Waals surface area contributed by atoms with Gasteiger partial charge in [0, 0.05) is 5.69 Å². The first kappa shape index (κ1) is 18.0. The van der Waals surface area contributed by atoms with Gasteiger partial charge in [-0.2, -0.15) is 8.78 Å². The summed E-state index contributed by atoms with van der Waals surface area (Å²) in [5, 5.41) is 2.58. The molecular formula is C17H16ClF2NO3. The van der Waals surface area contributed by atoms with Gasteiger partial charge in [-0.3, -0.25) is 4.79 Å². The van der Waals surface area contributed by atoms with E-state index in [1.54, 1.807) is 13.0 Å². The van der Waals surface area contributed by atoms with Crippen molar-refractivity contribution >= 4 is 23.2 Å². The molecule has 4 nitrogen and oxygen atoms in total. The molecule has 0 radical (unpaired) electrons. The average Bonchev–Trinajstić information content (AvgIpc) is 2.49. The summed E-state index contributed by atoms with van der Waals surface area (Å²) in [6, 6.07) is 11.3. The lowest BCUT2D eigenvalue weighted by atomic mass is 10.2. The van der Waals surface area contributed by atoms with Crippen LogP contribution in [0.15, 0.2) is 42.5 Å². The number of anilines is 1. The van der Waals surface area contributed by atoms with Gasteiger partial charge in [0.05, 0.1) is 5.02 Å². The van der Waals surface area contributed by atoms with E-state index in [4.69, 9.17) is 16.3 Å². The lowest BCUT2D eigenvalue weighted by Crippen LogP contribution is -2.30. The molecule has 0 heterocycles. The van der Waals surface area contributed by atoms with E-state index in [2.05, 4.69) is 10.1 Å². The summed E-state index contributed by atoms with van der Waals surface area (Å²) < 4.78 is 34.2. The van der Waals surface area contributed by atoms with Crippen molar-refractivity contribution in [3.05, 3.63) is 53.1 Å². The van der Waals surface area contributed by atoms with Gasteiger partial charge in [-0.25, -0.2) is 0 Å². The molecule has 0 fully saturated rings. The molecule has 1 N–H and O–H groups in total. The summed E-state index contributed by atoms with van der Waals surface area (Å²) in [5.41, 5.74) is 1.37. The molecule has 0 unspecified atom stereocenters. The predicted octanol–water partition coefficient (Wildman–Crippen LogP) is 4.66. The fourth-order valence-corrected chi connectivity index (χ4v) is 2.19. The zero-order valence-electron chi connectivity index (χ0n) is 13.1. The van der Waals surface area contributed by atoms with Crippen molar-refractivity contribution in [2.75, 3.05) is 5.32 Å². The Morgan fingerprint density at radius 3 is 2.54 bits per heavy atom. The summed E-state index contributed by atoms with van der Waals surface area (Å²) in [6.07, 6.45) is -0.748. The smallest absolute Gasteiger partial charge is 0.387 e. The summed E-state index contributed by atoms with van der Waals surface area (Å²) in [5.74, 6) is 0.0280. The highest BCUT2D eigenvalue weighted by molar-refractivity contribution is 6.32. The Hall–Kier alpha value is -2.34. The molecule has 7 heteroatoms. The van der Waals surface area contributed by atoms with Gasteiger partial charge in [0.2, 0.25) is 0 Å². The monoisotopic (exact) mass is 355 g/mol. The normalized spacial score (nSPS) is 11.9. The second kappa shape index (κ2) is 7.97. The maximum absolute atomic E-state index is 12.2. The van der Waals surface area contributed by atoms with Crippen LogP contribution in [0.2, 0.25) is 5.02 Å². The number of carbonyl (C=O) groups excluding carboxylic acids is 1. The maximum Gasteiger partial charge on any atom is 0.387 e. The Balaban J connectivity index is 1.99. The summed E-state index contributed by atoms with van der Waals surface area (Å²) in [6.45, 7) is 0.557. The first-order valence-electron chi connectivity index (χ1n) is 7.13. The molecule has 0 aliphatic carbocycles. The van der Waals surface area contributed by atoms with Gasteiger partial charge in [-0.05, 0) is 49.7 Å². The summed E-state index contributed by atoms with van der Waals surface area (Å²) in [4.78, 5) is 12.1. The van der Waals surface area contributed by atoms with Crippen LogP contribution in [0, 0.1) is 6.92 Å². The first-order valence-corrected chi connectivity index (χ1v) is 7.51. The van der Waals surface area contributed by atoms with Crippen molar-refractivity contribution in [1.29, 1.82) is 0 Å². The number of ether oxygens (including phenoxy) is 2. The third-order valence-electron chi connectivity index (χ3n) is 3.09. The zero-order valence-corrected chi connectivity index (χ0v) is 13.8. The standard InChI is InChI=1S/C17H16ClF2NO3/c1-10-4-3-5-13(8-10)23-11(2)16(22)21-12-6-7-15(14(18)9-12)24-17(19)20/h3-9,11,17H,1-2H3,(H,21,22)/t11-/m1/s1. The lowest BCUT2D eigenvalue weighted by Gasteiger charge is -2.15. The quantitative estimate of drug-likeness (QED) is 0.820. The second-order valence-electron chi connectivity index (χ2n) is 5.09. The largest absolute Gasteiger partial charge is 0.481 e. The topological polar surface area (TPSA) is 47.6 Å². The first-order chi connectivity index (χ1) is 11.3. The number of amides is 1. The molecule has 0 aromatic heterocycles. The molecule has 1 amide bonds. The number of hydrogen-bond acceptors (Lipinski definition) is 3. The molecule has 0 aliphatic heterocycles. The van der Waals surface area contributed by atoms with Gasteiger partial charge >= 0.3 is 6.61 Å². The molecule has 0 saturated carbocycles. The fourth-order valence-electron chi connectivity index (χ4n) is 1.96. The Labute approximate surface area is 143 Å². The minimum atomic E-state index is -2.97. The van der Waals surface area contributed by atoms with E-state index in [0.29, 0.717) is 11.4 Å². The minimum absolute atomic E-state index is 0.0274. The number of halogens is 3. The number of aryl methyl sites for hydroxylation is 1. The number of carbonyl (C=O) groups is 1. The summed E-state index contributed by atoms with van der Waals surface area (Å²) >= 11 is 5.84. The van der Waals surface area contributed by atoms with Gasteiger partial charge in [-0.1, -0.05) is 23.7 Å². The third-order valence-corrected chi connectivity index (χ3v) is 3.38. The Kier molecular flexibility index (Phi) is 5.98. The van der Waals surface area contributed by atoms with Crippen LogP contribution in [0.5, 0.6) is 11.5 Å². The molecule has 24 heavy (non-hydrogen) atoms. The van der Waals surface area contributed by atoms with Gasteiger partial charge in [0.15, 0.2) is 6.10 Å². The van der Waals surface area contributed by atoms with E-state index >= 15 is 0 Å². The van der Waals surface area contributed by atoms with Crippen LogP contribution >= 0.6 is 11.6 Å². The number of nitrogens with one attached hydrogen (secondary N) is 1. The number of rotatable bonds is 6. The highest BCUT2D eigenvalue weighted by Crippen LogP contribution is 2.29. The molecule has 2 aromatic carbocycles. The van der Waals surface area contributed by atoms with E-state index in [1.165, 1.54) is 18.2 Å². The molecule has 0 saturated heterocycles. The Bertz CT molecular complexity index is 725. The van der Waals surface area contributed by atoms with Gasteiger partial charge in [-0.15, -0.1) is 0 Å². The van der Waals surface area contributed by atoms with Crippen molar-refractivity contribution < 1.29 is 23.0 Å². The molecular weight excluding hydrogens is 340 g/mol. The van der Waals surface area contributed by atoms with Crippen LogP contribution < -0.4 is 14.8 Å². The van der Waals surface area contributed by atoms with Crippen molar-refractivity contribution in [3.63, 3.8) is 0 Å². The Morgan fingerprint density at radius 1 is 1.17 bits per heavy atom. The van der Waals surface area contributed by atoms with E-state index in [-0.39, 0.29) is 10.8 Å². The third kappa shape index (κ3) is 5.09. The fraction of sp³-hybridized carbons (Fsp3) is 0.235. The van der Waals surface area contributed by atoms with E-state index in [1.807, 2.05) is 25.1 Å². The highest BCUT2D eigenvalue weighted by atomic mass is 35.5. The van der Waals surface area contributed by atoms with Gasteiger partial charge < -0.3 is 14.8 Å². The van der Waals surface area contributed by atoms with Crippen molar-refractivity contribution in [2.45, 2.75) is 26.6 Å². The van der Waals surface area contributed by atoms with Gasteiger partial charge in [0.25, 0.3) is 5.91 Å². The van der Waals surface area contributed by atoms with E-state index in [0.717, 1.165) is 5.56 Å². The molecule has 128 valence electrons. The van der Waals surface area contributed by atoms with E-state index in [9.17, 15) is 13.6 Å². The van der Waals surface area contributed by atoms with Crippen molar-refractivity contribution in [1.82, 2.24) is 0 Å². The summed E-state index contributed by atoms with van der Waals surface area (Å²) in [7, 11) is 0. The molecule has 0 spiro atoms. The van der Waals surface area contributed by atoms with E-state index < -0.39 is 18.6 Å². The maximum atomic E-state index is 12.2. The molecule has 0 bridgehead atoms. The SMILES string of the molecule is Cc1cccc(O[C@H](C)C(=O)Nc2ccc(OC(F)F)c(Cl)c2)c1. The van der Waals surface area contributed by atoms with Crippen LogP contribution in [0.1, 0.15) is 12.5 Å². The minimum Gasteiger partial charge on any atom is -0.481 e. The Morgan fingerprint density at radius 2 is 1.92 bits per heavy atom. The molecule has 0 aliphatic rings. The van der Waals surface area contributed by atoms with Crippen LogP contribution in [0.3, 0.4) is 0 Å². The van der Waals surface area contributed by atoms with Crippen molar-refractivity contribution in [2.24, 2.45) is 0 Å². The number of benzene rings is 2. The van der Waals surface area contributed by atoms with Crippen LogP contribution in [-0.4, -0.2) is 18.6 Å². The van der Waals surface area contributed by atoms with Crippen LogP contribution in [0.25, 0.3) is 0 Å². The lowest BCUT2D eigenvalue weighted by molar-refractivity contribution is -0.122. The molecule has 2 rings (SSSR count). The number of alkyl halides is 2. The zero-order chi connectivity index (χ0) is 17.7. The van der Waals surface area contributed by atoms with Gasteiger partial charge in [0.1, 0.15) is 11.5 Å². The van der Waals surface area contributed by atoms with Crippen LogP contribution in [-0.2, 0) is 4.79 Å². The van der Waals surface area contributed by atoms with Crippen LogP contribution in [0.4, 0.5) is 14.5 Å². The second-order valence-corrected chi connectivity index (χ2v) is 5.50. The number of hydrogen-bond donors (Lipinski definition) is 1. The average molecular weight is 356 g/mol. The predicted molar refractivity (Wildman–Crippen MR) is 88.0 cm³/mol. The van der Waals surface area contributed by atoms with Crippen molar-refractivity contribution in [3.8, 4) is 11.5 Å². The highest BCUT2D eigenvalue weighted by Gasteiger charge is 2.16. The molecule has 2 aromatic rings. The molecule has 1 atom stereocenters.